The summed E-state index contributed by atoms with van der Waals surface area (Å²) in [6, 6.07) is 11.5. The van der Waals surface area contributed by atoms with E-state index >= 15 is 0 Å². The molecule has 3 rings (SSSR count). The van der Waals surface area contributed by atoms with Crippen molar-refractivity contribution in [3.8, 4) is 0 Å². The molecule has 9 heteroatoms. The first kappa shape index (κ1) is 18.7. The van der Waals surface area contributed by atoms with Crippen LogP contribution in [0.5, 0.6) is 0 Å². The quantitative estimate of drug-likeness (QED) is 0.611. The number of aromatic nitrogens is 2. The van der Waals surface area contributed by atoms with Gasteiger partial charge in [-0.05, 0) is 37.7 Å². The molecule has 0 bridgehead atoms. The van der Waals surface area contributed by atoms with Crippen LogP contribution in [-0.2, 0) is 21.2 Å². The summed E-state index contributed by atoms with van der Waals surface area (Å²) >= 11 is 0. The predicted molar refractivity (Wildman–Crippen MR) is 102 cm³/mol. The minimum Gasteiger partial charge on any atom is -0.326 e. The summed E-state index contributed by atoms with van der Waals surface area (Å²) in [7, 11) is -2.31. The van der Waals surface area contributed by atoms with Crippen molar-refractivity contribution < 1.29 is 13.2 Å². The summed E-state index contributed by atoms with van der Waals surface area (Å²) in [5.74, 6) is -0.378. The molecule has 2 aromatic carbocycles. The first-order chi connectivity index (χ1) is 12.8. The van der Waals surface area contributed by atoms with Gasteiger partial charge in [0.05, 0.1) is 22.4 Å². The molecular weight excluding hydrogens is 368 g/mol. The summed E-state index contributed by atoms with van der Waals surface area (Å²) in [6.45, 7) is 1.67. The number of fused-ring (bicyclic) bond motifs is 1. The van der Waals surface area contributed by atoms with Gasteiger partial charge in [-0.3, -0.25) is 9.59 Å². The van der Waals surface area contributed by atoms with Crippen molar-refractivity contribution in [2.45, 2.75) is 18.2 Å². The Morgan fingerprint density at radius 1 is 1.15 bits per heavy atom. The topological polar surface area (TPSA) is 121 Å². The Morgan fingerprint density at radius 2 is 1.85 bits per heavy atom. The van der Waals surface area contributed by atoms with Gasteiger partial charge in [-0.1, -0.05) is 24.3 Å². The van der Waals surface area contributed by atoms with Gasteiger partial charge in [0.2, 0.25) is 15.9 Å². The molecule has 0 spiro atoms. The number of H-pyrrole nitrogens is 1. The Bertz CT molecular complexity index is 1190. The van der Waals surface area contributed by atoms with E-state index in [1.807, 2.05) is 0 Å². The highest BCUT2D eigenvalue weighted by Gasteiger charge is 2.16. The largest absolute Gasteiger partial charge is 0.326 e. The molecule has 0 aliphatic heterocycles. The number of aryl methyl sites for hydroxylation is 1. The van der Waals surface area contributed by atoms with Crippen molar-refractivity contribution in [3.63, 3.8) is 0 Å². The van der Waals surface area contributed by atoms with Gasteiger partial charge in [0.25, 0.3) is 5.56 Å². The van der Waals surface area contributed by atoms with Gasteiger partial charge in [0.15, 0.2) is 0 Å². The molecule has 0 aliphatic rings. The lowest BCUT2D eigenvalue weighted by Gasteiger charge is -2.11. The fourth-order valence-corrected chi connectivity index (χ4v) is 3.73. The molecule has 0 aliphatic carbocycles. The van der Waals surface area contributed by atoms with Crippen LogP contribution in [-0.4, -0.2) is 31.6 Å². The third-order valence-corrected chi connectivity index (χ3v) is 5.69. The smallest absolute Gasteiger partial charge is 0.272 e. The van der Waals surface area contributed by atoms with Crippen molar-refractivity contribution in [2.75, 3.05) is 12.4 Å². The maximum Gasteiger partial charge on any atom is 0.272 e. The summed E-state index contributed by atoms with van der Waals surface area (Å²) in [6.07, 6.45) is -0.0702. The molecule has 0 fully saturated rings. The zero-order valence-corrected chi connectivity index (χ0v) is 15.6. The minimum absolute atomic E-state index is 0.0702. The first-order valence-corrected chi connectivity index (χ1v) is 9.60. The second kappa shape index (κ2) is 7.29. The van der Waals surface area contributed by atoms with E-state index in [0.29, 0.717) is 27.7 Å². The van der Waals surface area contributed by atoms with Crippen molar-refractivity contribution >= 4 is 32.4 Å². The summed E-state index contributed by atoms with van der Waals surface area (Å²) in [4.78, 5) is 24.3. The van der Waals surface area contributed by atoms with E-state index in [2.05, 4.69) is 20.2 Å². The number of carbonyl (C=O) groups is 1. The van der Waals surface area contributed by atoms with Crippen molar-refractivity contribution in [1.29, 1.82) is 0 Å². The maximum atomic E-state index is 12.4. The molecule has 1 aromatic heterocycles. The second-order valence-corrected chi connectivity index (χ2v) is 7.81. The molecular formula is C18H18N4O4S. The molecule has 0 saturated carbocycles. The molecule has 27 heavy (non-hydrogen) atoms. The lowest BCUT2D eigenvalue weighted by atomic mass is 10.1. The molecule has 8 nitrogen and oxygen atoms in total. The Balaban J connectivity index is 1.87. The molecule has 0 atom stereocenters. The van der Waals surface area contributed by atoms with Gasteiger partial charge in [-0.2, -0.15) is 5.10 Å². The number of sulfonamides is 1. The zero-order valence-electron chi connectivity index (χ0n) is 14.7. The number of amides is 1. The molecule has 0 saturated heterocycles. The predicted octanol–water partition coefficient (Wildman–Crippen LogP) is 1.32. The summed E-state index contributed by atoms with van der Waals surface area (Å²) < 4.78 is 26.4. The highest BCUT2D eigenvalue weighted by molar-refractivity contribution is 7.89. The fourth-order valence-electron chi connectivity index (χ4n) is 2.74. The summed E-state index contributed by atoms with van der Waals surface area (Å²) in [5.41, 5.74) is 1.02. The monoisotopic (exact) mass is 386 g/mol. The third kappa shape index (κ3) is 3.88. The number of nitrogens with zero attached hydrogens (tertiary/aromatic N) is 1. The lowest BCUT2D eigenvalue weighted by molar-refractivity contribution is -0.115. The van der Waals surface area contributed by atoms with E-state index < -0.39 is 10.0 Å². The highest BCUT2D eigenvalue weighted by Crippen LogP contribution is 2.20. The molecule has 140 valence electrons. The van der Waals surface area contributed by atoms with Crippen LogP contribution in [0, 0.1) is 6.92 Å². The lowest BCUT2D eigenvalue weighted by Crippen LogP contribution is -2.21. The van der Waals surface area contributed by atoms with Crippen LogP contribution in [0.1, 0.15) is 11.3 Å². The normalized spacial score (nSPS) is 11.5. The van der Waals surface area contributed by atoms with Gasteiger partial charge in [-0.25, -0.2) is 18.2 Å². The Labute approximate surface area is 155 Å². The van der Waals surface area contributed by atoms with Crippen molar-refractivity contribution in [2.24, 2.45) is 0 Å². The van der Waals surface area contributed by atoms with Crippen LogP contribution in [0.15, 0.2) is 52.2 Å². The first-order valence-electron chi connectivity index (χ1n) is 8.12. The molecule has 0 unspecified atom stereocenters. The zero-order chi connectivity index (χ0) is 19.6. The van der Waals surface area contributed by atoms with Crippen LogP contribution in [0.3, 0.4) is 0 Å². The second-order valence-electron chi connectivity index (χ2n) is 5.96. The van der Waals surface area contributed by atoms with Crippen LogP contribution in [0.4, 0.5) is 5.69 Å². The van der Waals surface area contributed by atoms with Crippen LogP contribution >= 0.6 is 0 Å². The Hall–Kier alpha value is -3.04. The Kier molecular flexibility index (Phi) is 5.06. The van der Waals surface area contributed by atoms with Gasteiger partial charge in [0, 0.05) is 11.1 Å². The van der Waals surface area contributed by atoms with Gasteiger partial charge >= 0.3 is 0 Å². The fraction of sp³-hybridized carbons (Fsp3) is 0.167. The van der Waals surface area contributed by atoms with Gasteiger partial charge in [0.1, 0.15) is 0 Å². The Morgan fingerprint density at radius 3 is 2.56 bits per heavy atom. The average Bonchev–Trinajstić information content (AvgIpc) is 2.65. The SMILES string of the molecule is CNS(=O)(=O)c1cc(NC(=O)Cc2n[nH]c(=O)c3ccccc23)ccc1C. The summed E-state index contributed by atoms with van der Waals surface area (Å²) in [5, 5.41) is 10.1. The molecule has 1 amide bonds. The van der Waals surface area contributed by atoms with Crippen LogP contribution in [0.25, 0.3) is 10.8 Å². The number of carbonyl (C=O) groups excluding carboxylic acids is 1. The highest BCUT2D eigenvalue weighted by atomic mass is 32.2. The van der Waals surface area contributed by atoms with Crippen LogP contribution < -0.4 is 15.6 Å². The van der Waals surface area contributed by atoms with Crippen molar-refractivity contribution in [3.05, 3.63) is 64.1 Å². The maximum absolute atomic E-state index is 12.4. The van der Waals surface area contributed by atoms with E-state index in [0.717, 1.165) is 0 Å². The average molecular weight is 386 g/mol. The van der Waals surface area contributed by atoms with Crippen LogP contribution in [0.2, 0.25) is 0 Å². The number of aromatic amines is 1. The molecule has 0 radical (unpaired) electrons. The minimum atomic E-state index is -3.63. The number of hydrogen-bond donors (Lipinski definition) is 3. The van der Waals surface area contributed by atoms with E-state index in [9.17, 15) is 18.0 Å². The van der Waals surface area contributed by atoms with E-state index in [1.165, 1.54) is 13.1 Å². The van der Waals surface area contributed by atoms with Gasteiger partial charge < -0.3 is 5.32 Å². The number of benzene rings is 2. The standard InChI is InChI=1S/C18H18N4O4S/c1-11-7-8-12(9-16(11)27(25,26)19-2)20-17(23)10-15-13-5-3-4-6-14(13)18(24)22-21-15/h3-9,19H,10H2,1-2H3,(H,20,23)(H,22,24). The van der Waals surface area contributed by atoms with Gasteiger partial charge in [-0.15, -0.1) is 0 Å². The van der Waals surface area contributed by atoms with E-state index in [4.69, 9.17) is 0 Å². The third-order valence-electron chi connectivity index (χ3n) is 4.13. The molecule has 3 aromatic rings. The number of hydrogen-bond acceptors (Lipinski definition) is 5. The molecule has 1 heterocycles. The molecule has 3 N–H and O–H groups in total. The van der Waals surface area contributed by atoms with E-state index in [-0.39, 0.29) is 22.8 Å². The van der Waals surface area contributed by atoms with E-state index in [1.54, 1.807) is 43.3 Å². The number of anilines is 1. The number of rotatable bonds is 5. The number of nitrogens with one attached hydrogen (secondary N) is 3. The van der Waals surface area contributed by atoms with Crippen molar-refractivity contribution in [1.82, 2.24) is 14.9 Å².